The van der Waals surface area contributed by atoms with Gasteiger partial charge in [0.15, 0.2) is 11.5 Å². The molecule has 0 aliphatic heterocycles. The van der Waals surface area contributed by atoms with Gasteiger partial charge >= 0.3 is 5.97 Å². The number of carboxylic acids is 1. The summed E-state index contributed by atoms with van der Waals surface area (Å²) in [6.45, 7) is 3.67. The number of hydrogen-bond donors (Lipinski definition) is 1. The van der Waals surface area contributed by atoms with Crippen LogP contribution in [0.2, 0.25) is 0 Å². The lowest BCUT2D eigenvalue weighted by Gasteiger charge is -2.39. The molecule has 0 bridgehead atoms. The first-order valence-electron chi connectivity index (χ1n) is 6.69. The largest absolute Gasteiger partial charge is 0.493 e. The van der Waals surface area contributed by atoms with Crippen LogP contribution in [0.3, 0.4) is 0 Å². The molecule has 2 rings (SSSR count). The van der Waals surface area contributed by atoms with Crippen molar-refractivity contribution in [2.75, 3.05) is 7.11 Å². The SMILES string of the molecule is COc1cc(F)cc(C2(C(=O)O)CCC2)c1OC(C)C. The van der Waals surface area contributed by atoms with Gasteiger partial charge in [0.2, 0.25) is 0 Å². The molecule has 110 valence electrons. The summed E-state index contributed by atoms with van der Waals surface area (Å²) < 4.78 is 24.6. The van der Waals surface area contributed by atoms with Gasteiger partial charge in [-0.2, -0.15) is 0 Å². The first kappa shape index (κ1) is 14.6. The predicted molar refractivity (Wildman–Crippen MR) is 71.9 cm³/mol. The van der Waals surface area contributed by atoms with Gasteiger partial charge in [-0.1, -0.05) is 6.42 Å². The Balaban J connectivity index is 2.60. The first-order valence-corrected chi connectivity index (χ1v) is 6.69. The molecule has 1 aromatic rings. The molecular formula is C15H19FO4. The molecule has 5 heteroatoms. The monoisotopic (exact) mass is 282 g/mol. The first-order chi connectivity index (χ1) is 9.40. The zero-order chi connectivity index (χ0) is 14.9. The number of carboxylic acid groups (broad SMARTS) is 1. The number of hydrogen-bond acceptors (Lipinski definition) is 3. The summed E-state index contributed by atoms with van der Waals surface area (Å²) in [6.07, 6.45) is 1.64. The number of halogens is 1. The summed E-state index contributed by atoms with van der Waals surface area (Å²) in [6, 6.07) is 2.48. The van der Waals surface area contributed by atoms with Gasteiger partial charge in [-0.3, -0.25) is 4.79 Å². The van der Waals surface area contributed by atoms with E-state index in [0.29, 0.717) is 24.2 Å². The average Bonchev–Trinajstić information content (AvgIpc) is 2.29. The summed E-state index contributed by atoms with van der Waals surface area (Å²) in [7, 11) is 1.42. The van der Waals surface area contributed by atoms with Crippen LogP contribution in [0, 0.1) is 5.82 Å². The summed E-state index contributed by atoms with van der Waals surface area (Å²) in [5.74, 6) is -0.877. The van der Waals surface area contributed by atoms with Crippen molar-refractivity contribution >= 4 is 5.97 Å². The van der Waals surface area contributed by atoms with Crippen LogP contribution < -0.4 is 9.47 Å². The van der Waals surface area contributed by atoms with Crippen molar-refractivity contribution in [3.05, 3.63) is 23.5 Å². The van der Waals surface area contributed by atoms with Gasteiger partial charge in [0, 0.05) is 11.6 Å². The molecule has 1 N–H and O–H groups in total. The lowest BCUT2D eigenvalue weighted by Crippen LogP contribution is -2.42. The van der Waals surface area contributed by atoms with E-state index in [2.05, 4.69) is 0 Å². The topological polar surface area (TPSA) is 55.8 Å². The standard InChI is InChI=1S/C15H19FO4/c1-9(2)20-13-11(7-10(16)8-12(13)19-3)15(14(17)18)5-4-6-15/h7-9H,4-6H2,1-3H3,(H,17,18). The minimum atomic E-state index is -1.06. The van der Waals surface area contributed by atoms with E-state index in [0.717, 1.165) is 6.42 Å². The van der Waals surface area contributed by atoms with Crippen LogP contribution in [0.25, 0.3) is 0 Å². The van der Waals surface area contributed by atoms with E-state index in [1.807, 2.05) is 13.8 Å². The summed E-state index contributed by atoms with van der Waals surface area (Å²) in [5, 5.41) is 9.53. The maximum absolute atomic E-state index is 13.8. The molecular weight excluding hydrogens is 263 g/mol. The Hall–Kier alpha value is -1.78. The molecule has 0 aromatic heterocycles. The van der Waals surface area contributed by atoms with Crippen molar-refractivity contribution in [3.63, 3.8) is 0 Å². The highest BCUT2D eigenvalue weighted by Crippen LogP contribution is 2.50. The number of aliphatic carboxylic acids is 1. The minimum Gasteiger partial charge on any atom is -0.493 e. The molecule has 1 aliphatic rings. The molecule has 1 saturated carbocycles. The maximum atomic E-state index is 13.8. The molecule has 0 heterocycles. The van der Waals surface area contributed by atoms with Gasteiger partial charge in [-0.15, -0.1) is 0 Å². The second-order valence-corrected chi connectivity index (χ2v) is 5.39. The van der Waals surface area contributed by atoms with Gasteiger partial charge in [0.25, 0.3) is 0 Å². The highest BCUT2D eigenvalue weighted by Gasteiger charge is 2.48. The highest BCUT2D eigenvalue weighted by molar-refractivity contribution is 5.84. The summed E-state index contributed by atoms with van der Waals surface area (Å²) in [4.78, 5) is 11.6. The van der Waals surface area contributed by atoms with Gasteiger partial charge in [0.05, 0.1) is 18.6 Å². The van der Waals surface area contributed by atoms with E-state index in [1.54, 1.807) is 0 Å². The molecule has 4 nitrogen and oxygen atoms in total. The molecule has 0 radical (unpaired) electrons. The van der Waals surface area contributed by atoms with E-state index >= 15 is 0 Å². The Morgan fingerprint density at radius 3 is 2.45 bits per heavy atom. The molecule has 1 aromatic carbocycles. The second kappa shape index (κ2) is 5.31. The van der Waals surface area contributed by atoms with Gasteiger partial charge in [0.1, 0.15) is 5.82 Å². The third-order valence-electron chi connectivity index (χ3n) is 3.73. The van der Waals surface area contributed by atoms with E-state index in [-0.39, 0.29) is 11.9 Å². The van der Waals surface area contributed by atoms with Crippen LogP contribution >= 0.6 is 0 Å². The third kappa shape index (κ3) is 2.32. The summed E-state index contributed by atoms with van der Waals surface area (Å²) in [5.41, 5.74) is -0.679. The van der Waals surface area contributed by atoms with Gasteiger partial charge < -0.3 is 14.6 Å². The Labute approximate surface area is 117 Å². The lowest BCUT2D eigenvalue weighted by atomic mass is 9.64. The predicted octanol–water partition coefficient (Wildman–Crippen LogP) is 3.13. The van der Waals surface area contributed by atoms with Crippen LogP contribution in [-0.4, -0.2) is 24.3 Å². The van der Waals surface area contributed by atoms with Crippen molar-refractivity contribution in [3.8, 4) is 11.5 Å². The van der Waals surface area contributed by atoms with Crippen LogP contribution in [-0.2, 0) is 10.2 Å². The van der Waals surface area contributed by atoms with Crippen molar-refractivity contribution in [1.82, 2.24) is 0 Å². The Kier molecular flexibility index (Phi) is 3.88. The van der Waals surface area contributed by atoms with Gasteiger partial charge in [-0.25, -0.2) is 4.39 Å². The van der Waals surface area contributed by atoms with Crippen LogP contribution in [0.15, 0.2) is 12.1 Å². The lowest BCUT2D eigenvalue weighted by molar-refractivity contribution is -0.147. The van der Waals surface area contributed by atoms with E-state index in [1.165, 1.54) is 19.2 Å². The van der Waals surface area contributed by atoms with Crippen molar-refractivity contribution in [2.45, 2.75) is 44.6 Å². The number of benzene rings is 1. The second-order valence-electron chi connectivity index (χ2n) is 5.39. The number of carbonyl (C=O) groups is 1. The number of rotatable bonds is 5. The molecule has 0 amide bonds. The quantitative estimate of drug-likeness (QED) is 0.901. The molecule has 1 fully saturated rings. The van der Waals surface area contributed by atoms with Gasteiger partial charge in [-0.05, 0) is 32.8 Å². The van der Waals surface area contributed by atoms with Crippen LogP contribution in [0.1, 0.15) is 38.7 Å². The zero-order valence-electron chi connectivity index (χ0n) is 11.9. The Morgan fingerprint density at radius 2 is 2.05 bits per heavy atom. The minimum absolute atomic E-state index is 0.154. The number of ether oxygens (including phenoxy) is 2. The molecule has 0 saturated heterocycles. The molecule has 20 heavy (non-hydrogen) atoms. The van der Waals surface area contributed by atoms with E-state index < -0.39 is 17.2 Å². The fourth-order valence-corrected chi connectivity index (χ4v) is 2.56. The Morgan fingerprint density at radius 1 is 1.40 bits per heavy atom. The molecule has 1 aliphatic carbocycles. The fraction of sp³-hybridized carbons (Fsp3) is 0.533. The summed E-state index contributed by atoms with van der Waals surface area (Å²) >= 11 is 0. The van der Waals surface area contributed by atoms with Crippen LogP contribution in [0.4, 0.5) is 4.39 Å². The molecule has 0 spiro atoms. The maximum Gasteiger partial charge on any atom is 0.314 e. The van der Waals surface area contributed by atoms with Crippen LogP contribution in [0.5, 0.6) is 11.5 Å². The average molecular weight is 282 g/mol. The van der Waals surface area contributed by atoms with Crippen molar-refractivity contribution in [2.24, 2.45) is 0 Å². The molecule has 0 unspecified atom stereocenters. The van der Waals surface area contributed by atoms with E-state index in [4.69, 9.17) is 9.47 Å². The van der Waals surface area contributed by atoms with Crippen molar-refractivity contribution < 1.29 is 23.8 Å². The fourth-order valence-electron chi connectivity index (χ4n) is 2.56. The Bertz CT molecular complexity index is 521. The van der Waals surface area contributed by atoms with E-state index in [9.17, 15) is 14.3 Å². The molecule has 0 atom stereocenters. The number of methoxy groups -OCH3 is 1. The third-order valence-corrected chi connectivity index (χ3v) is 3.73. The smallest absolute Gasteiger partial charge is 0.314 e. The zero-order valence-corrected chi connectivity index (χ0v) is 11.9. The highest BCUT2D eigenvalue weighted by atomic mass is 19.1. The van der Waals surface area contributed by atoms with Crippen molar-refractivity contribution in [1.29, 1.82) is 0 Å². The normalized spacial score (nSPS) is 16.6.